The Labute approximate surface area is 162 Å². The van der Waals surface area contributed by atoms with E-state index >= 15 is 0 Å². The van der Waals surface area contributed by atoms with Gasteiger partial charge in [-0.2, -0.15) is 0 Å². The summed E-state index contributed by atoms with van der Waals surface area (Å²) in [6, 6.07) is 13.1. The lowest BCUT2D eigenvalue weighted by atomic mass is 10.1. The first-order valence-electron chi connectivity index (χ1n) is 8.44. The third-order valence-electron chi connectivity index (χ3n) is 4.19. The molecular weight excluding hydrogens is 383 g/mol. The van der Waals surface area contributed by atoms with Gasteiger partial charge in [-0.05, 0) is 48.9 Å². The van der Waals surface area contributed by atoms with E-state index in [0.29, 0.717) is 11.3 Å². The highest BCUT2D eigenvalue weighted by Crippen LogP contribution is 2.22. The van der Waals surface area contributed by atoms with Gasteiger partial charge in [0.05, 0.1) is 23.4 Å². The molecule has 1 N–H and O–H groups in total. The van der Waals surface area contributed by atoms with Crippen LogP contribution in [0.4, 0.5) is 10.1 Å². The molecule has 0 radical (unpaired) electrons. The number of carbonyl (C=O) groups is 1. The van der Waals surface area contributed by atoms with Crippen molar-refractivity contribution in [2.24, 2.45) is 0 Å². The van der Waals surface area contributed by atoms with Crippen LogP contribution < -0.4 is 4.72 Å². The molecule has 0 saturated heterocycles. The van der Waals surface area contributed by atoms with Crippen molar-refractivity contribution in [3.63, 3.8) is 0 Å². The normalized spacial score (nSPS) is 11.2. The zero-order valence-corrected chi connectivity index (χ0v) is 16.2. The van der Waals surface area contributed by atoms with Crippen LogP contribution in [0.25, 0.3) is 0 Å². The lowest BCUT2D eigenvalue weighted by Crippen LogP contribution is -2.27. The number of nitrogens with one attached hydrogen (secondary N) is 1. The van der Waals surface area contributed by atoms with Crippen molar-refractivity contribution in [1.82, 2.24) is 4.90 Å². The number of carbonyl (C=O) groups excluding carboxylic acids is 1. The molecule has 2 aromatic carbocycles. The minimum atomic E-state index is -4.06. The van der Waals surface area contributed by atoms with E-state index in [9.17, 15) is 17.6 Å². The molecule has 0 aliphatic heterocycles. The van der Waals surface area contributed by atoms with Crippen molar-refractivity contribution in [2.75, 3.05) is 11.8 Å². The van der Waals surface area contributed by atoms with E-state index in [-0.39, 0.29) is 28.6 Å². The van der Waals surface area contributed by atoms with Crippen LogP contribution in [0.1, 0.15) is 21.7 Å². The average molecular weight is 402 g/mol. The molecule has 0 fully saturated rings. The molecule has 0 aliphatic rings. The lowest BCUT2D eigenvalue weighted by Gasteiger charge is -2.18. The Morgan fingerprint density at radius 3 is 2.57 bits per heavy atom. The summed E-state index contributed by atoms with van der Waals surface area (Å²) < 4.78 is 46.5. The van der Waals surface area contributed by atoms with E-state index in [2.05, 4.69) is 4.72 Å². The van der Waals surface area contributed by atoms with E-state index in [1.165, 1.54) is 41.5 Å². The first kappa shape index (κ1) is 19.6. The van der Waals surface area contributed by atoms with Crippen molar-refractivity contribution in [3.05, 3.63) is 83.6 Å². The van der Waals surface area contributed by atoms with Gasteiger partial charge in [-0.3, -0.25) is 9.52 Å². The van der Waals surface area contributed by atoms with Crippen LogP contribution in [0.2, 0.25) is 0 Å². The largest absolute Gasteiger partial charge is 0.467 e. The molecule has 3 aromatic rings. The molecule has 0 unspecified atom stereocenters. The summed E-state index contributed by atoms with van der Waals surface area (Å²) in [4.78, 5) is 14.1. The van der Waals surface area contributed by atoms with Crippen molar-refractivity contribution < 1.29 is 22.0 Å². The number of sulfonamides is 1. The molecule has 146 valence electrons. The van der Waals surface area contributed by atoms with Gasteiger partial charge in [-0.25, -0.2) is 12.8 Å². The van der Waals surface area contributed by atoms with Gasteiger partial charge < -0.3 is 9.32 Å². The Morgan fingerprint density at radius 1 is 1.14 bits per heavy atom. The topological polar surface area (TPSA) is 79.6 Å². The lowest BCUT2D eigenvalue weighted by molar-refractivity contribution is 0.0774. The Balaban J connectivity index is 1.88. The van der Waals surface area contributed by atoms with Crippen LogP contribution in [-0.2, 0) is 16.6 Å². The van der Waals surface area contributed by atoms with E-state index in [1.807, 2.05) is 0 Å². The van der Waals surface area contributed by atoms with Crippen LogP contribution in [0.15, 0.2) is 70.2 Å². The summed E-state index contributed by atoms with van der Waals surface area (Å²) in [5.41, 5.74) is 0.706. The molecule has 1 aromatic heterocycles. The molecule has 1 amide bonds. The van der Waals surface area contributed by atoms with Gasteiger partial charge in [-0.15, -0.1) is 0 Å². The van der Waals surface area contributed by atoms with Crippen molar-refractivity contribution in [2.45, 2.75) is 18.4 Å². The van der Waals surface area contributed by atoms with Crippen molar-refractivity contribution >= 4 is 21.6 Å². The fourth-order valence-corrected chi connectivity index (χ4v) is 3.75. The van der Waals surface area contributed by atoms with Gasteiger partial charge in [0.15, 0.2) is 0 Å². The third kappa shape index (κ3) is 4.23. The quantitative estimate of drug-likeness (QED) is 0.680. The number of nitrogens with zero attached hydrogens (tertiary/aromatic N) is 1. The number of anilines is 1. The number of amides is 1. The number of aryl methyl sites for hydroxylation is 1. The fraction of sp³-hybridized carbons (Fsp3) is 0.150. The van der Waals surface area contributed by atoms with Gasteiger partial charge >= 0.3 is 0 Å². The van der Waals surface area contributed by atoms with Gasteiger partial charge in [0.2, 0.25) is 0 Å². The molecule has 0 saturated carbocycles. The Morgan fingerprint density at radius 2 is 1.89 bits per heavy atom. The van der Waals surface area contributed by atoms with Crippen molar-refractivity contribution in [3.8, 4) is 0 Å². The molecule has 0 bridgehead atoms. The highest BCUT2D eigenvalue weighted by atomic mass is 32.2. The molecule has 3 rings (SSSR count). The molecular formula is C20H19FN2O4S. The monoisotopic (exact) mass is 402 g/mol. The molecule has 28 heavy (non-hydrogen) atoms. The number of hydrogen-bond donors (Lipinski definition) is 1. The predicted octanol–water partition coefficient (Wildman–Crippen LogP) is 3.80. The maximum atomic E-state index is 13.8. The Bertz CT molecular complexity index is 1100. The second-order valence-electron chi connectivity index (χ2n) is 6.30. The summed E-state index contributed by atoms with van der Waals surface area (Å²) in [6.07, 6.45) is 1.51. The highest BCUT2D eigenvalue weighted by Gasteiger charge is 2.21. The molecule has 0 aliphatic carbocycles. The van der Waals surface area contributed by atoms with Crippen LogP contribution in [0.3, 0.4) is 0 Å². The minimum Gasteiger partial charge on any atom is -0.467 e. The summed E-state index contributed by atoms with van der Waals surface area (Å²) in [5.74, 6) is -0.428. The van der Waals surface area contributed by atoms with Gasteiger partial charge in [0.25, 0.3) is 15.9 Å². The summed E-state index contributed by atoms with van der Waals surface area (Å²) in [7, 11) is -2.46. The zero-order chi connectivity index (χ0) is 20.3. The molecule has 6 nitrogen and oxygen atoms in total. The molecule has 0 spiro atoms. The second-order valence-corrected chi connectivity index (χ2v) is 7.99. The summed E-state index contributed by atoms with van der Waals surface area (Å²) >= 11 is 0. The average Bonchev–Trinajstić information content (AvgIpc) is 3.16. The van der Waals surface area contributed by atoms with E-state index in [4.69, 9.17) is 4.42 Å². The van der Waals surface area contributed by atoms with Gasteiger partial charge in [0, 0.05) is 12.6 Å². The number of furan rings is 1. The Hall–Kier alpha value is -3.13. The zero-order valence-electron chi connectivity index (χ0n) is 15.3. The van der Waals surface area contributed by atoms with Gasteiger partial charge in [0.1, 0.15) is 11.6 Å². The maximum Gasteiger partial charge on any atom is 0.262 e. The second kappa shape index (κ2) is 7.85. The predicted molar refractivity (Wildman–Crippen MR) is 103 cm³/mol. The number of para-hydroxylation sites is 1. The summed E-state index contributed by atoms with van der Waals surface area (Å²) in [6.45, 7) is 1.96. The maximum absolute atomic E-state index is 13.8. The van der Waals surface area contributed by atoms with E-state index in [1.54, 1.807) is 32.2 Å². The third-order valence-corrected chi connectivity index (χ3v) is 5.55. The van der Waals surface area contributed by atoms with E-state index in [0.717, 1.165) is 6.07 Å². The SMILES string of the molecule is Cc1ccc(S(=O)(=O)Nc2ccccc2F)cc1C(=O)N(C)Cc1ccco1. The smallest absolute Gasteiger partial charge is 0.262 e. The van der Waals surface area contributed by atoms with E-state index < -0.39 is 15.8 Å². The van der Waals surface area contributed by atoms with Crippen LogP contribution in [-0.4, -0.2) is 26.3 Å². The first-order chi connectivity index (χ1) is 13.3. The van der Waals surface area contributed by atoms with Crippen LogP contribution >= 0.6 is 0 Å². The van der Waals surface area contributed by atoms with Crippen LogP contribution in [0, 0.1) is 12.7 Å². The number of rotatable bonds is 6. The minimum absolute atomic E-state index is 0.129. The number of benzene rings is 2. The first-order valence-corrected chi connectivity index (χ1v) is 9.92. The highest BCUT2D eigenvalue weighted by molar-refractivity contribution is 7.92. The standard InChI is InChI=1S/C20H19FN2O4S/c1-14-9-10-16(28(25,26)22-19-8-4-3-7-18(19)21)12-17(14)20(24)23(2)13-15-6-5-11-27-15/h3-12,22H,13H2,1-2H3. The Kier molecular flexibility index (Phi) is 5.51. The van der Waals surface area contributed by atoms with Crippen molar-refractivity contribution in [1.29, 1.82) is 0 Å². The van der Waals surface area contributed by atoms with Crippen LogP contribution in [0.5, 0.6) is 0 Å². The summed E-state index contributed by atoms with van der Waals surface area (Å²) in [5, 5.41) is 0. The number of halogens is 1. The molecule has 8 heteroatoms. The molecule has 0 atom stereocenters. The fourth-order valence-electron chi connectivity index (χ4n) is 2.66. The number of hydrogen-bond acceptors (Lipinski definition) is 4. The van der Waals surface area contributed by atoms with Gasteiger partial charge in [-0.1, -0.05) is 18.2 Å². The molecule has 1 heterocycles.